The first kappa shape index (κ1) is 13.1. The molecule has 0 amide bonds. The van der Waals surface area contributed by atoms with Gasteiger partial charge in [0.1, 0.15) is 29.8 Å². The van der Waals surface area contributed by atoms with Gasteiger partial charge in [0.2, 0.25) is 6.29 Å². The summed E-state index contributed by atoms with van der Waals surface area (Å²) in [5.41, 5.74) is 0. The van der Waals surface area contributed by atoms with Gasteiger partial charge in [0, 0.05) is 0 Å². The number of benzene rings is 1. The highest BCUT2D eigenvalue weighted by Crippen LogP contribution is 2.25. The van der Waals surface area contributed by atoms with E-state index < -0.39 is 30.7 Å². The summed E-state index contributed by atoms with van der Waals surface area (Å²) in [6.45, 7) is 1.58. The van der Waals surface area contributed by atoms with Crippen molar-refractivity contribution in [1.29, 1.82) is 0 Å². The SMILES string of the molecule is C[C@@H]1O[C@H](Oc2ccc(O)cc2)[C@@H](O)[C@H](O)[C@@H]1O. The van der Waals surface area contributed by atoms with Crippen molar-refractivity contribution < 1.29 is 29.9 Å². The molecule has 0 saturated carbocycles. The molecule has 2 rings (SSSR count). The Labute approximate surface area is 104 Å². The van der Waals surface area contributed by atoms with Gasteiger partial charge >= 0.3 is 0 Å². The Bertz CT molecular complexity index is 392. The number of ether oxygens (including phenoxy) is 2. The van der Waals surface area contributed by atoms with Crippen LogP contribution in [-0.2, 0) is 4.74 Å². The monoisotopic (exact) mass is 256 g/mol. The fourth-order valence-corrected chi connectivity index (χ4v) is 1.77. The van der Waals surface area contributed by atoms with Crippen LogP contribution >= 0.6 is 0 Å². The van der Waals surface area contributed by atoms with E-state index in [0.717, 1.165) is 0 Å². The zero-order valence-corrected chi connectivity index (χ0v) is 9.80. The Morgan fingerprint density at radius 1 is 1.00 bits per heavy atom. The first-order chi connectivity index (χ1) is 8.49. The highest BCUT2D eigenvalue weighted by atomic mass is 16.7. The zero-order valence-electron chi connectivity index (χ0n) is 9.80. The topological polar surface area (TPSA) is 99.4 Å². The Balaban J connectivity index is 2.06. The van der Waals surface area contributed by atoms with Crippen molar-refractivity contribution in [1.82, 2.24) is 0 Å². The molecule has 1 heterocycles. The molecule has 1 aromatic carbocycles. The lowest BCUT2D eigenvalue weighted by Crippen LogP contribution is -2.58. The van der Waals surface area contributed by atoms with Gasteiger partial charge in [-0.3, -0.25) is 0 Å². The van der Waals surface area contributed by atoms with Gasteiger partial charge in [-0.1, -0.05) is 0 Å². The Morgan fingerprint density at radius 2 is 1.61 bits per heavy atom. The lowest BCUT2D eigenvalue weighted by atomic mass is 10.00. The van der Waals surface area contributed by atoms with E-state index in [1.54, 1.807) is 6.92 Å². The fraction of sp³-hybridized carbons (Fsp3) is 0.500. The Hall–Kier alpha value is -1.34. The summed E-state index contributed by atoms with van der Waals surface area (Å²) in [5.74, 6) is 0.476. The molecular weight excluding hydrogens is 240 g/mol. The number of hydrogen-bond donors (Lipinski definition) is 4. The van der Waals surface area contributed by atoms with E-state index in [0.29, 0.717) is 5.75 Å². The molecule has 0 aliphatic carbocycles. The van der Waals surface area contributed by atoms with Crippen LogP contribution in [0.3, 0.4) is 0 Å². The highest BCUT2D eigenvalue weighted by molar-refractivity contribution is 5.30. The number of aliphatic hydroxyl groups is 3. The summed E-state index contributed by atoms with van der Waals surface area (Å²) in [7, 11) is 0. The molecule has 1 aliphatic rings. The largest absolute Gasteiger partial charge is 0.508 e. The Morgan fingerprint density at radius 3 is 2.22 bits per heavy atom. The molecule has 6 nitrogen and oxygen atoms in total. The number of phenolic OH excluding ortho intramolecular Hbond substituents is 1. The van der Waals surface area contributed by atoms with E-state index in [9.17, 15) is 15.3 Å². The van der Waals surface area contributed by atoms with Crippen LogP contribution < -0.4 is 4.74 Å². The highest BCUT2D eigenvalue weighted by Gasteiger charge is 2.43. The summed E-state index contributed by atoms with van der Waals surface area (Å²) in [5, 5.41) is 38.0. The average Bonchev–Trinajstić information content (AvgIpc) is 2.36. The molecule has 0 bridgehead atoms. The maximum atomic E-state index is 9.73. The van der Waals surface area contributed by atoms with Crippen LogP contribution in [0, 0.1) is 0 Å². The molecule has 1 saturated heterocycles. The minimum Gasteiger partial charge on any atom is -0.508 e. The Kier molecular flexibility index (Phi) is 3.72. The van der Waals surface area contributed by atoms with Crippen LogP contribution in [0.1, 0.15) is 6.92 Å². The van der Waals surface area contributed by atoms with Gasteiger partial charge in [0.25, 0.3) is 0 Å². The van der Waals surface area contributed by atoms with Crippen molar-refractivity contribution in [2.24, 2.45) is 0 Å². The van der Waals surface area contributed by atoms with Gasteiger partial charge in [-0.25, -0.2) is 0 Å². The molecule has 100 valence electrons. The van der Waals surface area contributed by atoms with Crippen molar-refractivity contribution in [3.05, 3.63) is 24.3 Å². The minimum absolute atomic E-state index is 0.0938. The summed E-state index contributed by atoms with van der Waals surface area (Å²) in [6, 6.07) is 5.87. The third kappa shape index (κ3) is 2.56. The van der Waals surface area contributed by atoms with Gasteiger partial charge in [-0.15, -0.1) is 0 Å². The van der Waals surface area contributed by atoms with Crippen molar-refractivity contribution in [3.63, 3.8) is 0 Å². The third-order valence-corrected chi connectivity index (χ3v) is 2.90. The average molecular weight is 256 g/mol. The lowest BCUT2D eigenvalue weighted by Gasteiger charge is -2.38. The molecule has 0 spiro atoms. The van der Waals surface area contributed by atoms with Gasteiger partial charge < -0.3 is 29.9 Å². The second-order valence-electron chi connectivity index (χ2n) is 4.29. The zero-order chi connectivity index (χ0) is 13.3. The smallest absolute Gasteiger partial charge is 0.229 e. The number of phenols is 1. The van der Waals surface area contributed by atoms with Crippen LogP contribution in [0.5, 0.6) is 11.5 Å². The van der Waals surface area contributed by atoms with Gasteiger partial charge in [-0.2, -0.15) is 0 Å². The summed E-state index contributed by atoms with van der Waals surface area (Å²) < 4.78 is 10.6. The van der Waals surface area contributed by atoms with Crippen molar-refractivity contribution in [2.45, 2.75) is 37.6 Å². The second-order valence-corrected chi connectivity index (χ2v) is 4.29. The molecule has 0 aromatic heterocycles. The summed E-state index contributed by atoms with van der Waals surface area (Å²) in [6.07, 6.45) is -5.53. The quantitative estimate of drug-likeness (QED) is 0.574. The lowest BCUT2D eigenvalue weighted by molar-refractivity contribution is -0.268. The predicted octanol–water partition coefficient (Wildman–Crippen LogP) is -0.402. The molecule has 5 atom stereocenters. The maximum absolute atomic E-state index is 9.73. The van der Waals surface area contributed by atoms with E-state index in [1.807, 2.05) is 0 Å². The number of rotatable bonds is 2. The summed E-state index contributed by atoms with van der Waals surface area (Å²) in [4.78, 5) is 0. The predicted molar refractivity (Wildman–Crippen MR) is 61.1 cm³/mol. The molecule has 4 N–H and O–H groups in total. The normalized spacial score (nSPS) is 36.3. The molecule has 18 heavy (non-hydrogen) atoms. The molecule has 0 unspecified atom stereocenters. The van der Waals surface area contributed by atoms with E-state index >= 15 is 0 Å². The summed E-state index contributed by atoms with van der Waals surface area (Å²) >= 11 is 0. The van der Waals surface area contributed by atoms with Crippen LogP contribution in [0.25, 0.3) is 0 Å². The number of aromatic hydroxyl groups is 1. The van der Waals surface area contributed by atoms with E-state index in [2.05, 4.69) is 0 Å². The van der Waals surface area contributed by atoms with Crippen LogP contribution in [0.15, 0.2) is 24.3 Å². The van der Waals surface area contributed by atoms with Gasteiger partial charge in [0.15, 0.2) is 0 Å². The second kappa shape index (κ2) is 5.11. The first-order valence-electron chi connectivity index (χ1n) is 5.64. The van der Waals surface area contributed by atoms with Crippen LogP contribution in [-0.4, -0.2) is 51.1 Å². The fourth-order valence-electron chi connectivity index (χ4n) is 1.77. The maximum Gasteiger partial charge on any atom is 0.229 e. The van der Waals surface area contributed by atoms with E-state index in [4.69, 9.17) is 14.6 Å². The molecular formula is C12H16O6. The van der Waals surface area contributed by atoms with E-state index in [-0.39, 0.29) is 5.75 Å². The molecule has 1 fully saturated rings. The molecule has 1 aliphatic heterocycles. The van der Waals surface area contributed by atoms with Gasteiger partial charge in [-0.05, 0) is 31.2 Å². The molecule has 0 radical (unpaired) electrons. The third-order valence-electron chi connectivity index (χ3n) is 2.90. The van der Waals surface area contributed by atoms with Gasteiger partial charge in [0.05, 0.1) is 6.10 Å². The number of hydrogen-bond acceptors (Lipinski definition) is 6. The van der Waals surface area contributed by atoms with Crippen molar-refractivity contribution >= 4 is 0 Å². The number of aliphatic hydroxyl groups excluding tert-OH is 3. The molecule has 6 heteroatoms. The van der Waals surface area contributed by atoms with Crippen LogP contribution in [0.4, 0.5) is 0 Å². The standard InChI is InChI=1S/C12H16O6/c1-6-9(14)10(15)11(16)12(17-6)18-8-4-2-7(13)3-5-8/h2-6,9-16H,1H3/t6-,9+,10+,11-,12+/m0/s1. The minimum atomic E-state index is -1.34. The van der Waals surface area contributed by atoms with Crippen molar-refractivity contribution in [3.8, 4) is 11.5 Å². The van der Waals surface area contributed by atoms with Crippen LogP contribution in [0.2, 0.25) is 0 Å². The van der Waals surface area contributed by atoms with E-state index in [1.165, 1.54) is 24.3 Å². The van der Waals surface area contributed by atoms with Crippen molar-refractivity contribution in [2.75, 3.05) is 0 Å². The molecule has 1 aromatic rings. The first-order valence-corrected chi connectivity index (χ1v) is 5.64.